The molecule has 0 spiro atoms. The summed E-state index contributed by atoms with van der Waals surface area (Å²) in [6, 6.07) is 0. The van der Waals surface area contributed by atoms with E-state index in [1.54, 1.807) is 0 Å². The van der Waals surface area contributed by atoms with Gasteiger partial charge >= 0.3 is 17.9 Å². The molecule has 6 heteroatoms. The first-order valence-corrected chi connectivity index (χ1v) is 35.4. The zero-order valence-electron chi connectivity index (χ0n) is 54.1. The Labute approximate surface area is 503 Å². The van der Waals surface area contributed by atoms with E-state index < -0.39 is 6.10 Å². The molecule has 0 N–H and O–H groups in total. The first-order chi connectivity index (χ1) is 40.0. The molecule has 0 heterocycles. The minimum Gasteiger partial charge on any atom is -0.462 e. The largest absolute Gasteiger partial charge is 0.462 e. The summed E-state index contributed by atoms with van der Waals surface area (Å²) in [6.07, 6.45) is 90.8. The van der Waals surface area contributed by atoms with E-state index in [2.05, 4.69) is 93.7 Å². The van der Waals surface area contributed by atoms with Crippen LogP contribution in [0.3, 0.4) is 0 Å². The van der Waals surface area contributed by atoms with Crippen molar-refractivity contribution in [2.24, 2.45) is 0 Å². The van der Waals surface area contributed by atoms with Gasteiger partial charge in [-0.1, -0.05) is 331 Å². The van der Waals surface area contributed by atoms with Gasteiger partial charge in [-0.25, -0.2) is 0 Å². The minimum atomic E-state index is -0.774. The average molecular weight is 1130 g/mol. The molecule has 0 aromatic rings. The van der Waals surface area contributed by atoms with Gasteiger partial charge in [0.05, 0.1) is 0 Å². The first kappa shape index (κ1) is 77.9. The highest BCUT2D eigenvalue weighted by molar-refractivity contribution is 5.71. The van der Waals surface area contributed by atoms with Gasteiger partial charge in [-0.05, 0) is 89.9 Å². The molecule has 0 aliphatic carbocycles. The molecule has 0 radical (unpaired) electrons. The van der Waals surface area contributed by atoms with Crippen molar-refractivity contribution in [2.45, 2.75) is 374 Å². The zero-order valence-corrected chi connectivity index (χ0v) is 54.1. The summed E-state index contributed by atoms with van der Waals surface area (Å²) in [5, 5.41) is 0. The third-order valence-electron chi connectivity index (χ3n) is 15.7. The van der Waals surface area contributed by atoms with Crippen LogP contribution in [0.15, 0.2) is 72.9 Å². The summed E-state index contributed by atoms with van der Waals surface area (Å²) in [5.41, 5.74) is 0. The van der Waals surface area contributed by atoms with Crippen molar-refractivity contribution in [3.63, 3.8) is 0 Å². The van der Waals surface area contributed by atoms with Crippen molar-refractivity contribution in [1.82, 2.24) is 0 Å². The van der Waals surface area contributed by atoms with Gasteiger partial charge in [-0.15, -0.1) is 0 Å². The summed E-state index contributed by atoms with van der Waals surface area (Å²) in [5.74, 6) is -0.853. The fourth-order valence-corrected chi connectivity index (χ4v) is 10.4. The Morgan fingerprint density at radius 2 is 0.481 bits per heavy atom. The minimum absolute atomic E-state index is 0.0709. The maximum absolute atomic E-state index is 12.9. The van der Waals surface area contributed by atoms with Crippen LogP contribution in [0.2, 0.25) is 0 Å². The second-order valence-electron chi connectivity index (χ2n) is 23.8. The van der Waals surface area contributed by atoms with Crippen molar-refractivity contribution in [2.75, 3.05) is 13.2 Å². The third kappa shape index (κ3) is 67.5. The molecule has 1 atom stereocenters. The molecule has 0 amide bonds. The molecule has 0 saturated heterocycles. The summed E-state index contributed by atoms with van der Waals surface area (Å²) in [4.78, 5) is 38.3. The quantitative estimate of drug-likeness (QED) is 0.0261. The number of hydrogen-bond donors (Lipinski definition) is 0. The highest BCUT2D eigenvalue weighted by atomic mass is 16.6. The van der Waals surface area contributed by atoms with Crippen molar-refractivity contribution >= 4 is 17.9 Å². The topological polar surface area (TPSA) is 78.9 Å². The van der Waals surface area contributed by atoms with Crippen LogP contribution in [0, 0.1) is 0 Å². The van der Waals surface area contributed by atoms with Crippen LogP contribution in [-0.4, -0.2) is 37.2 Å². The Kier molecular flexibility index (Phi) is 66.6. The summed E-state index contributed by atoms with van der Waals surface area (Å²) < 4.78 is 17.0. The molecule has 470 valence electrons. The number of allylic oxidation sites excluding steroid dienone is 12. The second kappa shape index (κ2) is 69.3. The van der Waals surface area contributed by atoms with Crippen molar-refractivity contribution < 1.29 is 28.6 Å². The fraction of sp³-hybridized carbons (Fsp3) is 0.800. The number of hydrogen-bond acceptors (Lipinski definition) is 6. The van der Waals surface area contributed by atoms with Gasteiger partial charge in [0.1, 0.15) is 13.2 Å². The lowest BCUT2D eigenvalue weighted by Crippen LogP contribution is -2.30. The lowest BCUT2D eigenvalue weighted by molar-refractivity contribution is -0.167. The van der Waals surface area contributed by atoms with E-state index in [0.717, 1.165) is 89.9 Å². The lowest BCUT2D eigenvalue weighted by atomic mass is 10.0. The average Bonchev–Trinajstić information content (AvgIpc) is 3.47. The molecular formula is C75H134O6. The Morgan fingerprint density at radius 3 is 0.778 bits per heavy atom. The van der Waals surface area contributed by atoms with Crippen molar-refractivity contribution in [1.29, 1.82) is 0 Å². The van der Waals surface area contributed by atoms with Gasteiger partial charge in [0.2, 0.25) is 0 Å². The summed E-state index contributed by atoms with van der Waals surface area (Å²) in [6.45, 7) is 6.54. The first-order valence-electron chi connectivity index (χ1n) is 35.4. The predicted molar refractivity (Wildman–Crippen MR) is 353 cm³/mol. The van der Waals surface area contributed by atoms with Crippen LogP contribution in [0.4, 0.5) is 0 Å². The maximum atomic E-state index is 12.9. The molecule has 0 rings (SSSR count). The smallest absolute Gasteiger partial charge is 0.306 e. The van der Waals surface area contributed by atoms with E-state index in [4.69, 9.17) is 14.2 Å². The van der Waals surface area contributed by atoms with Gasteiger partial charge in [0.15, 0.2) is 6.10 Å². The van der Waals surface area contributed by atoms with E-state index in [9.17, 15) is 14.4 Å². The molecule has 0 aromatic heterocycles. The number of unbranched alkanes of at least 4 members (excludes halogenated alkanes) is 42. The van der Waals surface area contributed by atoms with E-state index in [0.29, 0.717) is 19.3 Å². The fourth-order valence-electron chi connectivity index (χ4n) is 10.4. The lowest BCUT2D eigenvalue weighted by Gasteiger charge is -2.18. The van der Waals surface area contributed by atoms with E-state index in [1.807, 2.05) is 0 Å². The molecule has 0 saturated carbocycles. The highest BCUT2D eigenvalue weighted by Crippen LogP contribution is 2.18. The van der Waals surface area contributed by atoms with Crippen molar-refractivity contribution in [3.8, 4) is 0 Å². The standard InChI is InChI=1S/C75H134O6/c1-4-7-10-13-16-19-22-24-26-28-30-31-32-33-34-35-36-37-38-39-40-41-42-43-45-46-48-50-53-56-59-62-65-68-74(77)80-71-72(70-79-73(76)67-64-61-58-55-52-21-18-15-12-9-6-3)81-75(78)69-66-63-60-57-54-51-49-47-44-29-27-25-23-20-17-14-11-8-5-2/h7,10,16-17,19-20,24-27,30-31,72H,4-6,8-9,11-15,18,21-23,28-29,32-71H2,1-3H3/b10-7-,19-16-,20-17-,26-24-,27-25-,31-30-. The molecule has 0 aliphatic rings. The van der Waals surface area contributed by atoms with Gasteiger partial charge in [0, 0.05) is 19.3 Å². The van der Waals surface area contributed by atoms with Crippen LogP contribution >= 0.6 is 0 Å². The predicted octanol–water partition coefficient (Wildman–Crippen LogP) is 24.4. The van der Waals surface area contributed by atoms with Crippen LogP contribution < -0.4 is 0 Å². The monoisotopic (exact) mass is 1130 g/mol. The number of carbonyl (C=O) groups excluding carboxylic acids is 3. The molecule has 0 aliphatic heterocycles. The van der Waals surface area contributed by atoms with Crippen LogP contribution in [0.5, 0.6) is 0 Å². The number of rotatable bonds is 65. The number of ether oxygens (including phenoxy) is 3. The zero-order chi connectivity index (χ0) is 58.5. The van der Waals surface area contributed by atoms with Gasteiger partial charge in [0.25, 0.3) is 0 Å². The van der Waals surface area contributed by atoms with Gasteiger partial charge in [-0.2, -0.15) is 0 Å². The summed E-state index contributed by atoms with van der Waals surface area (Å²) in [7, 11) is 0. The molecule has 1 unspecified atom stereocenters. The second-order valence-corrected chi connectivity index (χ2v) is 23.8. The molecule has 0 aromatic carbocycles. The summed E-state index contributed by atoms with van der Waals surface area (Å²) >= 11 is 0. The SMILES string of the molecule is CC/C=C\C/C=C\C/C=C\C/C=C\CCCCCCCCCCCCCCCCCCCCCCC(=O)OCC(COC(=O)CCCCCCCCCCCCC)OC(=O)CCCCCCCCCCC/C=C\C/C=C\CCCCC. The van der Waals surface area contributed by atoms with E-state index in [-0.39, 0.29) is 31.1 Å². The van der Waals surface area contributed by atoms with Crippen molar-refractivity contribution in [3.05, 3.63) is 72.9 Å². The van der Waals surface area contributed by atoms with Crippen LogP contribution in [-0.2, 0) is 28.6 Å². The van der Waals surface area contributed by atoms with E-state index in [1.165, 1.54) is 238 Å². The Balaban J connectivity index is 4.11. The molecule has 81 heavy (non-hydrogen) atoms. The van der Waals surface area contributed by atoms with Gasteiger partial charge in [-0.3, -0.25) is 14.4 Å². The van der Waals surface area contributed by atoms with E-state index >= 15 is 0 Å². The number of esters is 3. The maximum Gasteiger partial charge on any atom is 0.306 e. The molecule has 6 nitrogen and oxygen atoms in total. The Bertz CT molecular complexity index is 1490. The molecular weight excluding hydrogens is 997 g/mol. The van der Waals surface area contributed by atoms with Crippen LogP contribution in [0.25, 0.3) is 0 Å². The Morgan fingerprint density at radius 1 is 0.259 bits per heavy atom. The molecule has 0 fully saturated rings. The highest BCUT2D eigenvalue weighted by Gasteiger charge is 2.19. The van der Waals surface area contributed by atoms with Crippen LogP contribution in [0.1, 0.15) is 367 Å². The van der Waals surface area contributed by atoms with Gasteiger partial charge < -0.3 is 14.2 Å². The third-order valence-corrected chi connectivity index (χ3v) is 15.7. The number of carbonyl (C=O) groups is 3. The Hall–Kier alpha value is -3.15. The molecule has 0 bridgehead atoms. The normalized spacial score (nSPS) is 12.5.